The molecule has 1 nitrogen and oxygen atoms in total. The molecule has 0 aromatic heterocycles. The summed E-state index contributed by atoms with van der Waals surface area (Å²) in [5.74, 6) is -1.20. The highest BCUT2D eigenvalue weighted by Crippen LogP contribution is 2.29. The van der Waals surface area contributed by atoms with Crippen LogP contribution in [0.25, 0.3) is 0 Å². The van der Waals surface area contributed by atoms with E-state index in [1.54, 1.807) is 6.20 Å². The Kier molecular flexibility index (Phi) is 1.87. The van der Waals surface area contributed by atoms with E-state index < -0.39 is 12.1 Å². The molecule has 1 aliphatic heterocycles. The maximum Gasteiger partial charge on any atom is 0.393 e. The van der Waals surface area contributed by atoms with Crippen molar-refractivity contribution in [2.75, 3.05) is 6.54 Å². The summed E-state index contributed by atoms with van der Waals surface area (Å²) < 4.78 is 35.6. The molecule has 0 spiro atoms. The maximum absolute atomic E-state index is 11.9. The van der Waals surface area contributed by atoms with E-state index in [4.69, 9.17) is 0 Å². The van der Waals surface area contributed by atoms with Crippen molar-refractivity contribution in [2.24, 2.45) is 5.92 Å². The molecule has 4 heteroatoms. The zero-order valence-electron chi connectivity index (χ0n) is 5.28. The average Bonchev–Trinajstić information content (AvgIpc) is 1.88. The molecule has 10 heavy (non-hydrogen) atoms. The molecule has 0 amide bonds. The minimum atomic E-state index is -4.04. The maximum atomic E-state index is 11.9. The van der Waals surface area contributed by atoms with Crippen LogP contribution in [-0.2, 0) is 0 Å². The third-order valence-electron chi connectivity index (χ3n) is 1.48. The van der Waals surface area contributed by atoms with Crippen LogP contribution in [0.2, 0.25) is 0 Å². The number of allylic oxidation sites excluding steroid dienone is 1. The molecule has 1 rings (SSSR count). The van der Waals surface area contributed by atoms with Gasteiger partial charge < -0.3 is 5.32 Å². The van der Waals surface area contributed by atoms with Gasteiger partial charge in [-0.2, -0.15) is 13.2 Å². The summed E-state index contributed by atoms with van der Waals surface area (Å²) >= 11 is 0. The summed E-state index contributed by atoms with van der Waals surface area (Å²) in [6.07, 6.45) is -0.877. The fraction of sp³-hybridized carbons (Fsp3) is 0.667. The standard InChI is InChI=1S/C6H8F3N/c7-6(8,9)5-2-1-3-10-4-5/h1,3,5,10H,2,4H2. The van der Waals surface area contributed by atoms with Gasteiger partial charge in [-0.25, -0.2) is 0 Å². The van der Waals surface area contributed by atoms with E-state index in [1.165, 1.54) is 6.08 Å². The van der Waals surface area contributed by atoms with Gasteiger partial charge in [0.25, 0.3) is 0 Å². The lowest BCUT2D eigenvalue weighted by Crippen LogP contribution is -2.33. The van der Waals surface area contributed by atoms with E-state index in [-0.39, 0.29) is 13.0 Å². The van der Waals surface area contributed by atoms with Crippen molar-refractivity contribution in [2.45, 2.75) is 12.6 Å². The number of rotatable bonds is 0. The second-order valence-corrected chi connectivity index (χ2v) is 2.28. The van der Waals surface area contributed by atoms with Gasteiger partial charge in [0, 0.05) is 6.54 Å². The van der Waals surface area contributed by atoms with E-state index in [9.17, 15) is 13.2 Å². The molecule has 58 valence electrons. The number of hydrogen-bond donors (Lipinski definition) is 1. The quantitative estimate of drug-likeness (QED) is 0.555. The van der Waals surface area contributed by atoms with Gasteiger partial charge in [-0.15, -0.1) is 0 Å². The highest BCUT2D eigenvalue weighted by Gasteiger charge is 2.38. The number of nitrogens with one attached hydrogen (secondary N) is 1. The minimum Gasteiger partial charge on any atom is -0.391 e. The summed E-state index contributed by atoms with van der Waals surface area (Å²) in [7, 11) is 0. The topological polar surface area (TPSA) is 12.0 Å². The van der Waals surface area contributed by atoms with Crippen LogP contribution in [0, 0.1) is 5.92 Å². The molecule has 0 bridgehead atoms. The van der Waals surface area contributed by atoms with Crippen LogP contribution in [0.3, 0.4) is 0 Å². The Balaban J connectivity index is 2.49. The fourth-order valence-electron chi connectivity index (χ4n) is 0.859. The van der Waals surface area contributed by atoms with E-state index >= 15 is 0 Å². The van der Waals surface area contributed by atoms with Crippen molar-refractivity contribution in [3.05, 3.63) is 12.3 Å². The third kappa shape index (κ3) is 1.65. The molecule has 1 aliphatic rings. The van der Waals surface area contributed by atoms with Crippen molar-refractivity contribution in [3.8, 4) is 0 Å². The van der Waals surface area contributed by atoms with Gasteiger partial charge in [-0.05, 0) is 12.6 Å². The molecule has 0 aliphatic carbocycles. The average molecular weight is 151 g/mol. The van der Waals surface area contributed by atoms with E-state index in [0.717, 1.165) is 0 Å². The Morgan fingerprint density at radius 2 is 2.10 bits per heavy atom. The smallest absolute Gasteiger partial charge is 0.391 e. The number of halogens is 3. The van der Waals surface area contributed by atoms with E-state index in [0.29, 0.717) is 0 Å². The van der Waals surface area contributed by atoms with Crippen molar-refractivity contribution in [1.29, 1.82) is 0 Å². The first-order valence-electron chi connectivity index (χ1n) is 3.06. The van der Waals surface area contributed by atoms with E-state index in [2.05, 4.69) is 5.32 Å². The van der Waals surface area contributed by atoms with Gasteiger partial charge >= 0.3 is 6.18 Å². The first-order valence-corrected chi connectivity index (χ1v) is 3.06. The van der Waals surface area contributed by atoms with Gasteiger partial charge in [0.15, 0.2) is 0 Å². The molecule has 0 aromatic carbocycles. The highest BCUT2D eigenvalue weighted by molar-refractivity contribution is 4.91. The Morgan fingerprint density at radius 3 is 2.40 bits per heavy atom. The zero-order valence-corrected chi connectivity index (χ0v) is 5.28. The zero-order chi connectivity index (χ0) is 7.61. The Bertz CT molecular complexity index is 138. The second-order valence-electron chi connectivity index (χ2n) is 2.28. The lowest BCUT2D eigenvalue weighted by molar-refractivity contribution is -0.172. The van der Waals surface area contributed by atoms with Crippen molar-refractivity contribution in [3.63, 3.8) is 0 Å². The molecule has 1 heterocycles. The molecule has 1 atom stereocenters. The molecular weight excluding hydrogens is 143 g/mol. The largest absolute Gasteiger partial charge is 0.393 e. The lowest BCUT2D eigenvalue weighted by Gasteiger charge is -2.21. The first-order chi connectivity index (χ1) is 4.61. The first kappa shape index (κ1) is 7.44. The summed E-state index contributed by atoms with van der Waals surface area (Å²) in [4.78, 5) is 0. The number of alkyl halides is 3. The Morgan fingerprint density at radius 1 is 1.40 bits per heavy atom. The molecule has 1 unspecified atom stereocenters. The monoisotopic (exact) mass is 151 g/mol. The molecule has 1 N–H and O–H groups in total. The predicted octanol–water partition coefficient (Wildman–Crippen LogP) is 1.67. The van der Waals surface area contributed by atoms with Crippen LogP contribution in [-0.4, -0.2) is 12.7 Å². The molecular formula is C6H8F3N. The van der Waals surface area contributed by atoms with Crippen LogP contribution >= 0.6 is 0 Å². The van der Waals surface area contributed by atoms with Crippen LogP contribution < -0.4 is 5.32 Å². The Hall–Kier alpha value is -0.670. The van der Waals surface area contributed by atoms with Gasteiger partial charge in [-0.1, -0.05) is 6.08 Å². The Labute approximate surface area is 56.9 Å². The van der Waals surface area contributed by atoms with Gasteiger partial charge in [0.05, 0.1) is 5.92 Å². The van der Waals surface area contributed by atoms with Crippen LogP contribution in [0.1, 0.15) is 6.42 Å². The second kappa shape index (κ2) is 2.52. The van der Waals surface area contributed by atoms with Crippen molar-refractivity contribution < 1.29 is 13.2 Å². The van der Waals surface area contributed by atoms with Crippen LogP contribution in [0.15, 0.2) is 12.3 Å². The van der Waals surface area contributed by atoms with Gasteiger partial charge in [0.1, 0.15) is 0 Å². The van der Waals surface area contributed by atoms with Crippen LogP contribution in [0.5, 0.6) is 0 Å². The van der Waals surface area contributed by atoms with Crippen molar-refractivity contribution >= 4 is 0 Å². The van der Waals surface area contributed by atoms with Gasteiger partial charge in [0.2, 0.25) is 0 Å². The van der Waals surface area contributed by atoms with Crippen LogP contribution in [0.4, 0.5) is 13.2 Å². The summed E-state index contributed by atoms with van der Waals surface area (Å²) in [6, 6.07) is 0. The molecule has 0 radical (unpaired) electrons. The molecule has 0 saturated heterocycles. The molecule has 0 aromatic rings. The molecule has 0 fully saturated rings. The number of hydrogen-bond acceptors (Lipinski definition) is 1. The lowest BCUT2D eigenvalue weighted by atomic mass is 10.0. The molecule has 0 saturated carbocycles. The summed E-state index contributed by atoms with van der Waals surface area (Å²) in [5, 5.41) is 2.54. The normalized spacial score (nSPS) is 26.1. The predicted molar refractivity (Wildman–Crippen MR) is 31.3 cm³/mol. The SMILES string of the molecule is FC(F)(F)C1CC=CNC1. The third-order valence-corrected chi connectivity index (χ3v) is 1.48. The minimum absolute atomic E-state index is 0.0139. The summed E-state index contributed by atoms with van der Waals surface area (Å²) in [5.41, 5.74) is 0. The summed E-state index contributed by atoms with van der Waals surface area (Å²) in [6.45, 7) is 0.0139. The van der Waals surface area contributed by atoms with E-state index in [1.807, 2.05) is 0 Å². The fourth-order valence-corrected chi connectivity index (χ4v) is 0.859. The highest BCUT2D eigenvalue weighted by atomic mass is 19.4. The van der Waals surface area contributed by atoms with Gasteiger partial charge in [-0.3, -0.25) is 0 Å². The van der Waals surface area contributed by atoms with Crippen molar-refractivity contribution in [1.82, 2.24) is 5.32 Å².